The van der Waals surface area contributed by atoms with Gasteiger partial charge in [-0.3, -0.25) is 4.79 Å². The summed E-state index contributed by atoms with van der Waals surface area (Å²) in [4.78, 5) is 10.7. The average Bonchev–Trinajstić information content (AvgIpc) is 3.08. The van der Waals surface area contributed by atoms with Gasteiger partial charge in [0.2, 0.25) is 0 Å². The van der Waals surface area contributed by atoms with E-state index in [0.717, 1.165) is 83.5 Å². The van der Waals surface area contributed by atoms with Gasteiger partial charge in [-0.05, 0) is 198 Å². The topological polar surface area (TPSA) is 37.3 Å². The van der Waals surface area contributed by atoms with Crippen LogP contribution in [-0.2, 0) is 4.79 Å². The maximum absolute atomic E-state index is 10.7. The number of carboxylic acids is 1. The third-order valence-corrected chi connectivity index (χ3v) is 10.2. The van der Waals surface area contributed by atoms with Crippen molar-refractivity contribution < 1.29 is 9.90 Å². The van der Waals surface area contributed by atoms with Crippen molar-refractivity contribution in [3.8, 4) is 0 Å². The van der Waals surface area contributed by atoms with Crippen LogP contribution in [-0.4, -0.2) is 11.1 Å². The van der Waals surface area contributed by atoms with E-state index in [4.69, 9.17) is 5.11 Å². The van der Waals surface area contributed by atoms with Crippen molar-refractivity contribution in [2.45, 2.75) is 205 Å². The fraction of sp³-hybridized carbons (Fsp3) is 0.596. The Kier molecular flexibility index (Phi) is 31.3. The van der Waals surface area contributed by atoms with E-state index < -0.39 is 5.97 Å². The van der Waals surface area contributed by atoms with Crippen LogP contribution in [0.2, 0.25) is 0 Å². The molecule has 0 aliphatic carbocycles. The molecule has 0 aliphatic rings. The number of aliphatic carboxylic acids is 1. The molecule has 0 radical (unpaired) electrons. The van der Waals surface area contributed by atoms with Crippen LogP contribution in [0.4, 0.5) is 0 Å². The Morgan fingerprint density at radius 3 is 0.574 bits per heavy atom. The first-order chi connectivity index (χ1) is 25.7. The molecule has 0 heterocycles. The van der Waals surface area contributed by atoms with Crippen molar-refractivity contribution >= 4 is 5.97 Å². The molecule has 0 aromatic rings. The maximum Gasteiger partial charge on any atom is 0.303 e. The van der Waals surface area contributed by atoms with E-state index in [1.54, 1.807) is 0 Å². The molecule has 2 nitrogen and oxygen atoms in total. The molecule has 2 heteroatoms. The van der Waals surface area contributed by atoms with Gasteiger partial charge < -0.3 is 5.11 Å². The van der Waals surface area contributed by atoms with Crippen LogP contribution in [0.5, 0.6) is 0 Å². The lowest BCUT2D eigenvalue weighted by Crippen LogP contribution is -1.92. The molecule has 0 unspecified atom stereocenters. The van der Waals surface area contributed by atoms with E-state index >= 15 is 0 Å². The van der Waals surface area contributed by atoms with Crippen LogP contribution in [0.3, 0.4) is 0 Å². The van der Waals surface area contributed by atoms with E-state index in [0.29, 0.717) is 6.42 Å². The van der Waals surface area contributed by atoms with Gasteiger partial charge in [-0.25, -0.2) is 0 Å². The summed E-state index contributed by atoms with van der Waals surface area (Å²) >= 11 is 0. The van der Waals surface area contributed by atoms with Gasteiger partial charge >= 0.3 is 5.97 Å². The van der Waals surface area contributed by atoms with E-state index in [1.807, 2.05) is 0 Å². The second-order valence-corrected chi connectivity index (χ2v) is 16.5. The summed E-state index contributed by atoms with van der Waals surface area (Å²) in [5, 5.41) is 8.77. The maximum atomic E-state index is 10.7. The highest BCUT2D eigenvalue weighted by Gasteiger charge is 1.98. The number of carboxylic acid groups (broad SMARTS) is 1. The highest BCUT2D eigenvalue weighted by Crippen LogP contribution is 2.18. The molecule has 0 aliphatic heterocycles. The number of carbonyl (C=O) groups is 1. The Labute approximate surface area is 335 Å². The van der Waals surface area contributed by atoms with Gasteiger partial charge in [-0.2, -0.15) is 0 Å². The van der Waals surface area contributed by atoms with Gasteiger partial charge in [-0.1, -0.05) is 116 Å². The summed E-state index contributed by atoms with van der Waals surface area (Å²) < 4.78 is 0. The van der Waals surface area contributed by atoms with Crippen LogP contribution < -0.4 is 0 Å². The van der Waals surface area contributed by atoms with Crippen LogP contribution in [0.15, 0.2) is 116 Å². The van der Waals surface area contributed by atoms with Gasteiger partial charge in [0.25, 0.3) is 0 Å². The summed E-state index contributed by atoms with van der Waals surface area (Å²) in [6, 6.07) is 0. The molecule has 0 aromatic heterocycles. The zero-order chi connectivity index (χ0) is 40.6. The van der Waals surface area contributed by atoms with Crippen LogP contribution in [0.1, 0.15) is 205 Å². The van der Waals surface area contributed by atoms with Crippen LogP contribution in [0, 0.1) is 0 Å². The quantitative estimate of drug-likeness (QED) is 0.0745. The third-order valence-electron chi connectivity index (χ3n) is 10.2. The van der Waals surface area contributed by atoms with Gasteiger partial charge in [0.1, 0.15) is 0 Å². The Morgan fingerprint density at radius 1 is 0.278 bits per heavy atom. The lowest BCUT2D eigenvalue weighted by molar-refractivity contribution is -0.136. The zero-order valence-electron chi connectivity index (χ0n) is 37.3. The fourth-order valence-corrected chi connectivity index (χ4v) is 6.32. The average molecular weight is 741 g/mol. The van der Waals surface area contributed by atoms with Crippen molar-refractivity contribution in [1.29, 1.82) is 0 Å². The number of allylic oxidation sites excluding steroid dienone is 20. The molecule has 0 amide bonds. The largest absolute Gasteiger partial charge is 0.481 e. The van der Waals surface area contributed by atoms with E-state index in [1.165, 1.54) is 87.8 Å². The minimum absolute atomic E-state index is 0.220. The second kappa shape index (κ2) is 33.2. The highest BCUT2D eigenvalue weighted by atomic mass is 16.4. The van der Waals surface area contributed by atoms with Crippen molar-refractivity contribution in [1.82, 2.24) is 0 Å². The van der Waals surface area contributed by atoms with Crippen molar-refractivity contribution in [2.24, 2.45) is 0 Å². The minimum atomic E-state index is -0.724. The molecule has 0 saturated heterocycles. The Hall–Kier alpha value is -3.13. The van der Waals surface area contributed by atoms with Gasteiger partial charge in [0, 0.05) is 6.42 Å². The molecular weight excluding hydrogens is 657 g/mol. The van der Waals surface area contributed by atoms with E-state index in [9.17, 15) is 4.79 Å². The number of hydrogen-bond donors (Lipinski definition) is 1. The first kappa shape index (κ1) is 50.9. The van der Waals surface area contributed by atoms with Crippen LogP contribution in [0.25, 0.3) is 0 Å². The molecule has 0 fully saturated rings. The number of hydrogen-bond acceptors (Lipinski definition) is 1. The molecule has 0 bridgehead atoms. The highest BCUT2D eigenvalue weighted by molar-refractivity contribution is 5.66. The first-order valence-corrected chi connectivity index (χ1v) is 21.4. The molecule has 0 aromatic carbocycles. The van der Waals surface area contributed by atoms with Gasteiger partial charge in [0.05, 0.1) is 0 Å². The summed E-state index contributed by atoms with van der Waals surface area (Å²) in [6.07, 6.45) is 45.2. The summed E-state index contributed by atoms with van der Waals surface area (Å²) in [5.41, 5.74) is 14.8. The fourth-order valence-electron chi connectivity index (χ4n) is 6.32. The molecule has 54 heavy (non-hydrogen) atoms. The predicted molar refractivity (Wildman–Crippen MR) is 243 cm³/mol. The van der Waals surface area contributed by atoms with Crippen molar-refractivity contribution in [3.63, 3.8) is 0 Å². The normalized spacial score (nSPS) is 14.6. The Balaban J connectivity index is 4.25. The predicted octanol–water partition coefficient (Wildman–Crippen LogP) is 17.4. The van der Waals surface area contributed by atoms with E-state index in [-0.39, 0.29) is 6.42 Å². The molecule has 0 atom stereocenters. The van der Waals surface area contributed by atoms with Crippen molar-refractivity contribution in [3.05, 3.63) is 116 Å². The second-order valence-electron chi connectivity index (χ2n) is 16.5. The third kappa shape index (κ3) is 34.6. The Bertz CT molecular complexity index is 1370. The lowest BCUT2D eigenvalue weighted by Gasteiger charge is -2.04. The molecule has 0 rings (SSSR count). The van der Waals surface area contributed by atoms with Crippen LogP contribution >= 0.6 is 0 Å². The molecular formula is C52H84O2. The molecule has 304 valence electrons. The zero-order valence-corrected chi connectivity index (χ0v) is 37.3. The summed E-state index contributed by atoms with van der Waals surface area (Å²) in [5.74, 6) is -0.724. The molecule has 0 spiro atoms. The smallest absolute Gasteiger partial charge is 0.303 e. The number of rotatable bonds is 30. The minimum Gasteiger partial charge on any atom is -0.481 e. The van der Waals surface area contributed by atoms with E-state index in [2.05, 4.69) is 137 Å². The van der Waals surface area contributed by atoms with Crippen molar-refractivity contribution in [2.75, 3.05) is 0 Å². The Morgan fingerprint density at radius 2 is 0.426 bits per heavy atom. The van der Waals surface area contributed by atoms with Gasteiger partial charge in [0.15, 0.2) is 0 Å². The first-order valence-electron chi connectivity index (χ1n) is 21.4. The lowest BCUT2D eigenvalue weighted by atomic mass is 10.0. The summed E-state index contributed by atoms with van der Waals surface area (Å²) in [7, 11) is 0. The SMILES string of the molecule is CC(C)=CCC/C(C)=C\CC/C(C)=C\CC/C(C)=C\CC/C(C)=C\CC/C(C)=C\CC/C(C)=C\CC/C(C)=C\CC/C(C)=C\CC/C(C)=C\CCC(=O)O. The monoisotopic (exact) mass is 741 g/mol. The molecule has 1 N–H and O–H groups in total. The standard InChI is InChI=1S/C52H84O2/c1-42(2)22-12-23-43(3)24-13-25-44(4)26-14-27-45(5)28-15-29-46(6)30-16-31-47(7)32-17-33-48(8)34-18-35-49(9)36-19-37-50(10)38-20-39-51(11)40-21-41-52(53)54/h22,24,26,28,30,32,34,36,38,40H,12-21,23,25,27,29,31,33,35,37,39,41H2,1-11H3,(H,53,54)/b43-24-,44-26-,45-28-,46-30-,47-32-,48-34-,49-36-,50-38-,51-40-. The molecule has 0 saturated carbocycles. The van der Waals surface area contributed by atoms with Gasteiger partial charge in [-0.15, -0.1) is 0 Å². The summed E-state index contributed by atoms with van der Waals surface area (Å²) in [6.45, 7) is 24.7.